The van der Waals surface area contributed by atoms with E-state index in [0.717, 1.165) is 34.3 Å². The second kappa shape index (κ2) is 9.13. The Morgan fingerprint density at radius 2 is 1.70 bits per heavy atom. The van der Waals surface area contributed by atoms with Gasteiger partial charge in [-0.2, -0.15) is 5.10 Å². The standard InChI is InChI=1S/C25H20F2N6O3S/c1-33-24(15-4-8-23(28)29-12-15)18-9-14(3-6-20(18)31-33)16-10-21(25(36-2)30-13-16)32-37(34,35)22-7-5-17(26)11-19(22)27/h3-13,32H,1-2H3,(H2,28,29). The number of aryl methyl sites for hydroxylation is 1. The molecule has 12 heteroatoms. The van der Waals surface area contributed by atoms with Crippen molar-refractivity contribution < 1.29 is 21.9 Å². The first kappa shape index (κ1) is 24.1. The molecule has 0 bridgehead atoms. The number of nitrogens with zero attached hydrogens (tertiary/aromatic N) is 4. The van der Waals surface area contributed by atoms with Crippen molar-refractivity contribution in [3.8, 4) is 28.3 Å². The van der Waals surface area contributed by atoms with Crippen molar-refractivity contribution >= 4 is 32.4 Å². The van der Waals surface area contributed by atoms with Crippen LogP contribution in [0.5, 0.6) is 5.88 Å². The van der Waals surface area contributed by atoms with Crippen molar-refractivity contribution in [1.82, 2.24) is 19.7 Å². The van der Waals surface area contributed by atoms with Crippen molar-refractivity contribution in [2.45, 2.75) is 4.90 Å². The maximum absolute atomic E-state index is 14.2. The Morgan fingerprint density at radius 3 is 2.41 bits per heavy atom. The van der Waals surface area contributed by atoms with Crippen LogP contribution in [0, 0.1) is 11.6 Å². The number of sulfonamides is 1. The topological polar surface area (TPSA) is 125 Å². The number of ether oxygens (including phenoxy) is 1. The summed E-state index contributed by atoms with van der Waals surface area (Å²) in [5, 5.41) is 5.39. The number of halogens is 2. The van der Waals surface area contributed by atoms with Crippen LogP contribution in [0.4, 0.5) is 20.3 Å². The summed E-state index contributed by atoms with van der Waals surface area (Å²) < 4.78 is 62.5. The van der Waals surface area contributed by atoms with Gasteiger partial charge in [0.25, 0.3) is 10.0 Å². The van der Waals surface area contributed by atoms with Crippen LogP contribution in [0.25, 0.3) is 33.3 Å². The Bertz CT molecular complexity index is 1760. The van der Waals surface area contributed by atoms with Gasteiger partial charge in [0.2, 0.25) is 5.88 Å². The Morgan fingerprint density at radius 1 is 0.946 bits per heavy atom. The minimum absolute atomic E-state index is 0.0158. The highest BCUT2D eigenvalue weighted by Gasteiger charge is 2.22. The SMILES string of the molecule is COc1ncc(-c2ccc3nn(C)c(-c4ccc(N)nc4)c3c2)cc1NS(=O)(=O)c1ccc(F)cc1F. The monoisotopic (exact) mass is 522 g/mol. The van der Waals surface area contributed by atoms with Crippen molar-refractivity contribution in [2.24, 2.45) is 7.05 Å². The first-order valence-corrected chi connectivity index (χ1v) is 12.4. The van der Waals surface area contributed by atoms with E-state index in [1.165, 1.54) is 19.4 Å². The van der Waals surface area contributed by atoms with Crippen LogP contribution in [0.1, 0.15) is 0 Å². The Kier molecular flexibility index (Phi) is 5.96. The molecule has 0 unspecified atom stereocenters. The molecule has 3 N–H and O–H groups in total. The van der Waals surface area contributed by atoms with Gasteiger partial charge in [-0.05, 0) is 48.0 Å². The number of nitrogens with one attached hydrogen (secondary N) is 1. The van der Waals surface area contributed by atoms with Crippen LogP contribution in [0.15, 0.2) is 71.9 Å². The van der Waals surface area contributed by atoms with E-state index in [9.17, 15) is 17.2 Å². The quantitative estimate of drug-likeness (QED) is 0.339. The van der Waals surface area contributed by atoms with Crippen molar-refractivity contribution in [3.63, 3.8) is 0 Å². The number of nitrogens with two attached hydrogens (primary N) is 1. The molecule has 0 saturated carbocycles. The largest absolute Gasteiger partial charge is 0.480 e. The molecule has 0 saturated heterocycles. The number of fused-ring (bicyclic) bond motifs is 1. The first-order valence-electron chi connectivity index (χ1n) is 10.9. The van der Waals surface area contributed by atoms with E-state index in [1.54, 1.807) is 16.9 Å². The zero-order valence-corrected chi connectivity index (χ0v) is 20.4. The maximum atomic E-state index is 14.2. The minimum Gasteiger partial charge on any atom is -0.480 e. The van der Waals surface area contributed by atoms with E-state index in [0.29, 0.717) is 23.0 Å². The Hall–Kier alpha value is -4.58. The number of hydrogen-bond donors (Lipinski definition) is 2. The lowest BCUT2D eigenvalue weighted by Crippen LogP contribution is -2.15. The molecule has 0 spiro atoms. The molecular formula is C25H20F2N6O3S. The molecule has 0 aliphatic heterocycles. The molecular weight excluding hydrogens is 502 g/mol. The lowest BCUT2D eigenvalue weighted by molar-refractivity contribution is 0.400. The van der Waals surface area contributed by atoms with Gasteiger partial charge in [0.1, 0.15) is 28.0 Å². The van der Waals surface area contributed by atoms with Gasteiger partial charge in [0.15, 0.2) is 0 Å². The third-order valence-electron chi connectivity index (χ3n) is 5.70. The second-order valence-electron chi connectivity index (χ2n) is 8.14. The molecule has 5 rings (SSSR count). The third kappa shape index (κ3) is 4.54. The van der Waals surface area contributed by atoms with E-state index in [2.05, 4.69) is 19.8 Å². The summed E-state index contributed by atoms with van der Waals surface area (Å²) in [4.78, 5) is 7.67. The smallest absolute Gasteiger partial charge is 0.264 e. The summed E-state index contributed by atoms with van der Waals surface area (Å²) in [5.41, 5.74) is 9.37. The highest BCUT2D eigenvalue weighted by Crippen LogP contribution is 2.34. The van der Waals surface area contributed by atoms with Crippen LogP contribution in [0.2, 0.25) is 0 Å². The van der Waals surface area contributed by atoms with Gasteiger partial charge in [0.05, 0.1) is 18.3 Å². The van der Waals surface area contributed by atoms with Crippen molar-refractivity contribution in [3.05, 3.63) is 78.6 Å². The fraction of sp³-hybridized carbons (Fsp3) is 0.0800. The van der Waals surface area contributed by atoms with Gasteiger partial charge in [-0.25, -0.2) is 27.2 Å². The molecule has 0 aliphatic carbocycles. The molecule has 3 aromatic heterocycles. The van der Waals surface area contributed by atoms with Crippen LogP contribution in [-0.2, 0) is 17.1 Å². The predicted molar refractivity (Wildman–Crippen MR) is 135 cm³/mol. The van der Waals surface area contributed by atoms with Gasteiger partial charge in [-0.3, -0.25) is 9.40 Å². The molecule has 0 atom stereocenters. The van der Waals surface area contributed by atoms with Gasteiger partial charge in [-0.15, -0.1) is 0 Å². The third-order valence-corrected chi connectivity index (χ3v) is 7.10. The Balaban J connectivity index is 1.58. The molecule has 0 amide bonds. The molecule has 37 heavy (non-hydrogen) atoms. The van der Waals surface area contributed by atoms with Crippen molar-refractivity contribution in [2.75, 3.05) is 17.6 Å². The minimum atomic E-state index is -4.41. The first-order chi connectivity index (χ1) is 17.7. The molecule has 5 aromatic rings. The number of pyridine rings is 2. The van der Waals surface area contributed by atoms with E-state index in [1.807, 2.05) is 31.3 Å². The number of methoxy groups -OCH3 is 1. The number of nitrogen functional groups attached to an aromatic ring is 1. The van der Waals surface area contributed by atoms with Crippen LogP contribution in [0.3, 0.4) is 0 Å². The van der Waals surface area contributed by atoms with Gasteiger partial charge in [-0.1, -0.05) is 6.07 Å². The van der Waals surface area contributed by atoms with Gasteiger partial charge < -0.3 is 10.5 Å². The molecule has 0 radical (unpaired) electrons. The average Bonchev–Trinajstić information content (AvgIpc) is 3.19. The second-order valence-corrected chi connectivity index (χ2v) is 9.79. The lowest BCUT2D eigenvalue weighted by atomic mass is 10.0. The fourth-order valence-corrected chi connectivity index (χ4v) is 5.11. The number of benzene rings is 2. The van der Waals surface area contributed by atoms with Crippen LogP contribution in [-0.4, -0.2) is 35.3 Å². The highest BCUT2D eigenvalue weighted by atomic mass is 32.2. The van der Waals surface area contributed by atoms with Crippen LogP contribution < -0.4 is 15.2 Å². The molecule has 3 heterocycles. The van der Waals surface area contributed by atoms with E-state index >= 15 is 0 Å². The van der Waals surface area contributed by atoms with Gasteiger partial charge >= 0.3 is 0 Å². The molecule has 2 aromatic carbocycles. The number of rotatable bonds is 6. The lowest BCUT2D eigenvalue weighted by Gasteiger charge is -2.13. The zero-order valence-electron chi connectivity index (χ0n) is 19.6. The molecule has 0 aliphatic rings. The number of anilines is 2. The average molecular weight is 523 g/mol. The van der Waals surface area contributed by atoms with Crippen LogP contribution >= 0.6 is 0 Å². The normalized spacial score (nSPS) is 11.6. The van der Waals surface area contributed by atoms with E-state index in [-0.39, 0.29) is 11.6 Å². The number of aromatic nitrogens is 4. The summed E-state index contributed by atoms with van der Waals surface area (Å²) in [6, 6.07) is 12.8. The maximum Gasteiger partial charge on any atom is 0.264 e. The molecule has 188 valence electrons. The summed E-state index contributed by atoms with van der Waals surface area (Å²) in [7, 11) is -1.26. The fourth-order valence-electron chi connectivity index (χ4n) is 4.00. The van der Waals surface area contributed by atoms with Gasteiger partial charge in [0, 0.05) is 42.0 Å². The van der Waals surface area contributed by atoms with E-state index < -0.39 is 26.6 Å². The summed E-state index contributed by atoms with van der Waals surface area (Å²) in [6.45, 7) is 0. The summed E-state index contributed by atoms with van der Waals surface area (Å²) in [5.74, 6) is -1.73. The highest BCUT2D eigenvalue weighted by molar-refractivity contribution is 7.92. The molecule has 9 nitrogen and oxygen atoms in total. The predicted octanol–water partition coefficient (Wildman–Crippen LogP) is 4.37. The summed E-state index contributed by atoms with van der Waals surface area (Å²) >= 11 is 0. The number of hydrogen-bond acceptors (Lipinski definition) is 7. The zero-order chi connectivity index (χ0) is 26.3. The summed E-state index contributed by atoms with van der Waals surface area (Å²) in [6.07, 6.45) is 3.19. The molecule has 0 fully saturated rings. The van der Waals surface area contributed by atoms with E-state index in [4.69, 9.17) is 10.5 Å². The van der Waals surface area contributed by atoms with Crippen molar-refractivity contribution in [1.29, 1.82) is 0 Å². The Labute approximate surface area is 210 Å².